The molecular formula is C24H51BN8O9S. The van der Waals surface area contributed by atoms with E-state index in [2.05, 4.69) is 31.3 Å². The van der Waals surface area contributed by atoms with Gasteiger partial charge in [-0.1, -0.05) is 6.42 Å². The lowest BCUT2D eigenvalue weighted by Gasteiger charge is -2.27. The Morgan fingerprint density at radius 1 is 0.767 bits per heavy atom. The second-order valence-corrected chi connectivity index (χ2v) is 12.3. The molecule has 0 aliphatic rings. The summed E-state index contributed by atoms with van der Waals surface area (Å²) in [7, 11) is -4.10. The molecule has 6 atom stereocenters. The average Bonchev–Trinajstić information content (AvgIpc) is 2.93. The zero-order valence-corrected chi connectivity index (χ0v) is 26.3. The third-order valence-electron chi connectivity index (χ3n) is 6.42. The maximum absolute atomic E-state index is 13.1. The van der Waals surface area contributed by atoms with Gasteiger partial charge in [0, 0.05) is 6.54 Å². The summed E-state index contributed by atoms with van der Waals surface area (Å²) >= 11 is 0. The summed E-state index contributed by atoms with van der Waals surface area (Å²) in [6.45, 7) is 4.77. The van der Waals surface area contributed by atoms with Crippen molar-refractivity contribution in [2.75, 3.05) is 32.4 Å². The van der Waals surface area contributed by atoms with E-state index in [1.807, 2.05) is 0 Å². The van der Waals surface area contributed by atoms with E-state index in [1.165, 1.54) is 20.8 Å². The Bertz CT molecular complexity index is 974. The SMILES string of the molecule is CNCCS(=O)(=O)N[C@@H](CCCCN)C(=O)N[C@H](C(=O)N[C@@H](C)C(=O)N[C@@H](CCCCN)C(=O)N[C@@H](C)B(O)O)[C@@H](C)O. The van der Waals surface area contributed by atoms with Crippen molar-refractivity contribution >= 4 is 40.8 Å². The molecule has 4 amide bonds. The highest BCUT2D eigenvalue weighted by atomic mass is 32.2. The Labute approximate surface area is 254 Å². The normalized spacial score (nSPS) is 15.7. The Hall–Kier alpha value is -2.39. The van der Waals surface area contributed by atoms with E-state index in [9.17, 15) is 42.8 Å². The second-order valence-electron chi connectivity index (χ2n) is 10.4. The molecule has 13 N–H and O–H groups in total. The molecule has 0 aliphatic heterocycles. The lowest BCUT2D eigenvalue weighted by Crippen LogP contribution is -2.60. The minimum Gasteiger partial charge on any atom is -0.426 e. The van der Waals surface area contributed by atoms with Gasteiger partial charge in [0.2, 0.25) is 33.7 Å². The van der Waals surface area contributed by atoms with Gasteiger partial charge in [-0.2, -0.15) is 0 Å². The van der Waals surface area contributed by atoms with Crippen molar-refractivity contribution in [1.82, 2.24) is 31.3 Å². The summed E-state index contributed by atoms with van der Waals surface area (Å²) in [5.74, 6) is -4.50. The molecular weight excluding hydrogens is 587 g/mol. The van der Waals surface area contributed by atoms with E-state index in [1.54, 1.807) is 7.05 Å². The first-order valence-electron chi connectivity index (χ1n) is 14.4. The van der Waals surface area contributed by atoms with Crippen molar-refractivity contribution < 1.29 is 42.8 Å². The molecule has 0 aromatic carbocycles. The lowest BCUT2D eigenvalue weighted by atomic mass is 9.81. The first-order chi connectivity index (χ1) is 20.1. The van der Waals surface area contributed by atoms with Crippen molar-refractivity contribution in [3.05, 3.63) is 0 Å². The molecule has 0 aromatic heterocycles. The predicted octanol–water partition coefficient (Wildman–Crippen LogP) is -4.88. The van der Waals surface area contributed by atoms with E-state index in [0.29, 0.717) is 38.8 Å². The molecule has 250 valence electrons. The molecule has 0 aromatic rings. The quantitative estimate of drug-likeness (QED) is 0.0371. The summed E-state index contributed by atoms with van der Waals surface area (Å²) in [4.78, 5) is 51.6. The molecule has 0 bridgehead atoms. The van der Waals surface area contributed by atoms with Gasteiger partial charge in [0.05, 0.1) is 17.8 Å². The number of aliphatic hydroxyl groups excluding tert-OH is 1. The van der Waals surface area contributed by atoms with Crippen LogP contribution in [0.15, 0.2) is 0 Å². The Morgan fingerprint density at radius 3 is 1.79 bits per heavy atom. The Morgan fingerprint density at radius 2 is 1.30 bits per heavy atom. The highest BCUT2D eigenvalue weighted by Gasteiger charge is 2.33. The monoisotopic (exact) mass is 638 g/mol. The number of hydrogen-bond donors (Lipinski definition) is 11. The van der Waals surface area contributed by atoms with E-state index in [4.69, 9.17) is 11.5 Å². The fourth-order valence-corrected chi connectivity index (χ4v) is 4.98. The van der Waals surface area contributed by atoms with Crippen LogP contribution in [-0.2, 0) is 29.2 Å². The zero-order valence-electron chi connectivity index (χ0n) is 25.5. The minimum absolute atomic E-state index is 0.0916. The largest absolute Gasteiger partial charge is 0.475 e. The van der Waals surface area contributed by atoms with Crippen LogP contribution in [-0.4, -0.2) is 123 Å². The van der Waals surface area contributed by atoms with Crippen molar-refractivity contribution in [3.63, 3.8) is 0 Å². The van der Waals surface area contributed by atoms with Crippen LogP contribution in [0, 0.1) is 0 Å². The number of unbranched alkanes of at least 4 members (excludes halogenated alkanes) is 2. The molecule has 0 radical (unpaired) electrons. The maximum Gasteiger partial charge on any atom is 0.475 e. The van der Waals surface area contributed by atoms with E-state index in [0.717, 1.165) is 0 Å². The van der Waals surface area contributed by atoms with Crippen molar-refractivity contribution in [3.8, 4) is 0 Å². The van der Waals surface area contributed by atoms with E-state index in [-0.39, 0.29) is 25.1 Å². The molecule has 0 fully saturated rings. The number of aliphatic hydroxyl groups is 1. The van der Waals surface area contributed by atoms with E-state index >= 15 is 0 Å². The molecule has 43 heavy (non-hydrogen) atoms. The molecule has 0 unspecified atom stereocenters. The first kappa shape index (κ1) is 40.6. The van der Waals surface area contributed by atoms with Crippen LogP contribution in [0.1, 0.15) is 59.3 Å². The zero-order chi connectivity index (χ0) is 33.2. The summed E-state index contributed by atoms with van der Waals surface area (Å²) in [5, 5.41) is 41.1. The lowest BCUT2D eigenvalue weighted by molar-refractivity contribution is -0.135. The minimum atomic E-state index is -3.86. The number of nitrogens with one attached hydrogen (secondary N) is 6. The number of hydrogen-bond acceptors (Lipinski definition) is 12. The molecule has 0 aliphatic carbocycles. The second kappa shape index (κ2) is 21.3. The van der Waals surface area contributed by atoms with Crippen LogP contribution in [0.5, 0.6) is 0 Å². The summed E-state index contributed by atoms with van der Waals surface area (Å²) in [5.41, 5.74) is 11.0. The standard InChI is InChI=1S/C24H51BN8O9S/c1-15(21(35)31-18(9-5-7-11-26)22(36)30-17(3)25(39)40)29-24(38)20(16(2)34)32-23(37)19(10-6-8-12-27)33-43(41,42)14-13-28-4/h15-20,28,33-34,39-40H,5-14,26-27H2,1-4H3,(H,29,38)(H,30,36)(H,31,35)(H,32,37)/t15-,16+,17-,18-,19-,20-/m0/s1. The third kappa shape index (κ3) is 16.9. The number of rotatable bonds is 23. The van der Waals surface area contributed by atoms with Gasteiger partial charge in [-0.3, -0.25) is 19.2 Å². The van der Waals surface area contributed by atoms with Gasteiger partial charge in [-0.15, -0.1) is 0 Å². The molecule has 0 rings (SSSR count). The van der Waals surface area contributed by atoms with Gasteiger partial charge >= 0.3 is 7.12 Å². The summed E-state index contributed by atoms with van der Waals surface area (Å²) < 4.78 is 27.2. The van der Waals surface area contributed by atoms with Crippen LogP contribution in [0.2, 0.25) is 0 Å². The number of nitrogens with two attached hydrogens (primary N) is 2. The van der Waals surface area contributed by atoms with Crippen LogP contribution >= 0.6 is 0 Å². The number of carbonyl (C=O) groups excluding carboxylic acids is 4. The molecule has 0 saturated heterocycles. The van der Waals surface area contributed by atoms with Crippen molar-refractivity contribution in [1.29, 1.82) is 0 Å². The molecule has 19 heteroatoms. The van der Waals surface area contributed by atoms with E-state index < -0.39 is 77.0 Å². The van der Waals surface area contributed by atoms with Gasteiger partial charge in [0.1, 0.15) is 24.2 Å². The Balaban J connectivity index is 5.56. The number of carbonyl (C=O) groups is 4. The van der Waals surface area contributed by atoms with Crippen molar-refractivity contribution in [2.45, 2.75) is 95.5 Å². The first-order valence-corrected chi connectivity index (χ1v) is 16.1. The molecule has 0 heterocycles. The topological polar surface area (TPSA) is 287 Å². The van der Waals surface area contributed by atoms with Crippen LogP contribution in [0.3, 0.4) is 0 Å². The van der Waals surface area contributed by atoms with Crippen LogP contribution < -0.4 is 42.8 Å². The summed E-state index contributed by atoms with van der Waals surface area (Å²) in [6.07, 6.45) is 0.846. The Kier molecular flexibility index (Phi) is 20.2. The fourth-order valence-electron chi connectivity index (χ4n) is 3.73. The van der Waals surface area contributed by atoms with Gasteiger partial charge in [-0.25, -0.2) is 13.1 Å². The van der Waals surface area contributed by atoms with Gasteiger partial charge in [0.25, 0.3) is 0 Å². The highest BCUT2D eigenvalue weighted by Crippen LogP contribution is 2.06. The highest BCUT2D eigenvalue weighted by molar-refractivity contribution is 7.89. The summed E-state index contributed by atoms with van der Waals surface area (Å²) in [6, 6.07) is -5.08. The van der Waals surface area contributed by atoms with Gasteiger partial charge in [0.15, 0.2) is 0 Å². The average molecular weight is 639 g/mol. The number of sulfonamides is 1. The predicted molar refractivity (Wildman–Crippen MR) is 161 cm³/mol. The molecule has 17 nitrogen and oxygen atoms in total. The molecule has 0 spiro atoms. The van der Waals surface area contributed by atoms with Gasteiger partial charge < -0.3 is 53.2 Å². The molecule has 0 saturated carbocycles. The van der Waals surface area contributed by atoms with Gasteiger partial charge in [-0.05, 0) is 73.0 Å². The third-order valence-corrected chi connectivity index (χ3v) is 7.80. The van der Waals surface area contributed by atoms with Crippen LogP contribution in [0.4, 0.5) is 0 Å². The smallest absolute Gasteiger partial charge is 0.426 e. The number of amides is 4. The van der Waals surface area contributed by atoms with Crippen molar-refractivity contribution in [2.24, 2.45) is 11.5 Å². The maximum atomic E-state index is 13.1. The van der Waals surface area contributed by atoms with Crippen LogP contribution in [0.25, 0.3) is 0 Å². The fraction of sp³-hybridized carbons (Fsp3) is 0.833.